The first-order valence-electron chi connectivity index (χ1n) is 19.2. The van der Waals surface area contributed by atoms with Crippen LogP contribution in [0.4, 0.5) is 17.1 Å². The molecular weight excluding hydrogens is 697 g/mol. The summed E-state index contributed by atoms with van der Waals surface area (Å²) < 4.78 is 12.6. The Balaban J connectivity index is 0.942. The van der Waals surface area contributed by atoms with Crippen molar-refractivity contribution in [3.05, 3.63) is 206 Å². The van der Waals surface area contributed by atoms with Gasteiger partial charge in [0.05, 0.1) is 0 Å². The molecule has 0 N–H and O–H groups in total. The number of fused-ring (bicyclic) bond motifs is 5. The number of aromatic nitrogens is 1. The molecule has 268 valence electrons. The predicted octanol–water partition coefficient (Wildman–Crippen LogP) is 15.0. The first-order valence-corrected chi connectivity index (χ1v) is 19.2. The van der Waals surface area contributed by atoms with E-state index in [1.807, 2.05) is 36.4 Å². The molecule has 0 unspecified atom stereocenters. The van der Waals surface area contributed by atoms with Crippen molar-refractivity contribution < 1.29 is 8.83 Å². The van der Waals surface area contributed by atoms with Gasteiger partial charge in [0.2, 0.25) is 5.89 Å². The van der Waals surface area contributed by atoms with Crippen LogP contribution in [0.15, 0.2) is 215 Å². The van der Waals surface area contributed by atoms with E-state index < -0.39 is 0 Å². The van der Waals surface area contributed by atoms with Crippen LogP contribution in [-0.2, 0) is 0 Å². The number of hydrogen-bond donors (Lipinski definition) is 0. The fourth-order valence-electron chi connectivity index (χ4n) is 7.96. The Morgan fingerprint density at radius 1 is 0.316 bits per heavy atom. The van der Waals surface area contributed by atoms with Crippen LogP contribution in [0, 0.1) is 0 Å². The molecule has 0 aliphatic carbocycles. The van der Waals surface area contributed by atoms with Crippen molar-refractivity contribution in [2.24, 2.45) is 0 Å². The lowest BCUT2D eigenvalue weighted by Crippen LogP contribution is -2.10. The Morgan fingerprint density at radius 3 is 1.61 bits per heavy atom. The summed E-state index contributed by atoms with van der Waals surface area (Å²) in [6, 6.07) is 72.6. The van der Waals surface area contributed by atoms with Gasteiger partial charge < -0.3 is 13.7 Å². The second-order valence-corrected chi connectivity index (χ2v) is 14.4. The molecule has 4 heteroatoms. The second-order valence-electron chi connectivity index (χ2n) is 14.4. The molecule has 0 atom stereocenters. The molecule has 11 aromatic rings. The summed E-state index contributed by atoms with van der Waals surface area (Å²) in [4.78, 5) is 7.12. The van der Waals surface area contributed by atoms with Crippen LogP contribution in [0.3, 0.4) is 0 Å². The number of furan rings is 1. The molecule has 0 bridgehead atoms. The van der Waals surface area contributed by atoms with E-state index in [9.17, 15) is 0 Å². The number of hydrogen-bond acceptors (Lipinski definition) is 4. The molecule has 4 nitrogen and oxygen atoms in total. The van der Waals surface area contributed by atoms with Crippen molar-refractivity contribution in [2.75, 3.05) is 4.90 Å². The Bertz CT molecular complexity index is 3220. The fraction of sp³-hybridized carbons (Fsp3) is 0. The topological polar surface area (TPSA) is 42.4 Å². The monoisotopic (exact) mass is 730 g/mol. The third-order valence-corrected chi connectivity index (χ3v) is 10.9. The Labute approximate surface area is 329 Å². The van der Waals surface area contributed by atoms with Crippen LogP contribution in [0.25, 0.3) is 88.6 Å². The zero-order valence-corrected chi connectivity index (χ0v) is 30.8. The second kappa shape index (κ2) is 13.6. The first-order chi connectivity index (χ1) is 28.2. The Morgan fingerprint density at radius 2 is 0.877 bits per heavy atom. The molecule has 2 aromatic heterocycles. The van der Waals surface area contributed by atoms with Crippen molar-refractivity contribution in [1.82, 2.24) is 4.98 Å². The maximum absolute atomic E-state index is 6.43. The standard InChI is InChI=1S/C53H34N2O2/c1-3-10-35(11-4-1)41-16-9-17-46(31-41)55(44-25-20-37(21-26-44)42-19-18-36-12-7-8-15-40(36)30-42)45-27-22-38(23-28-45)43-24-29-47-48-33-49-52(34-51(48)56-50(47)32-43)57-53(54-49)39-13-5-2-6-14-39/h1-34H. The molecule has 0 saturated heterocycles. The molecule has 0 aliphatic heterocycles. The van der Waals surface area contributed by atoms with E-state index >= 15 is 0 Å². The molecule has 0 saturated carbocycles. The summed E-state index contributed by atoms with van der Waals surface area (Å²) in [7, 11) is 0. The number of benzene rings is 9. The van der Waals surface area contributed by atoms with Gasteiger partial charge in [-0.2, -0.15) is 0 Å². The molecule has 11 rings (SSSR count). The maximum Gasteiger partial charge on any atom is 0.227 e. The molecule has 0 aliphatic rings. The van der Waals surface area contributed by atoms with Gasteiger partial charge in [-0.25, -0.2) is 4.98 Å². The van der Waals surface area contributed by atoms with E-state index in [0.717, 1.165) is 61.2 Å². The Kier molecular flexibility index (Phi) is 7.78. The minimum Gasteiger partial charge on any atom is -0.456 e. The number of rotatable bonds is 7. The normalized spacial score (nSPS) is 11.5. The van der Waals surface area contributed by atoms with Crippen molar-refractivity contribution in [3.8, 4) is 44.8 Å². The van der Waals surface area contributed by atoms with E-state index in [2.05, 4.69) is 175 Å². The van der Waals surface area contributed by atoms with E-state index in [4.69, 9.17) is 13.8 Å². The molecular formula is C53H34N2O2. The maximum atomic E-state index is 6.43. The summed E-state index contributed by atoms with van der Waals surface area (Å²) in [5.74, 6) is 0.605. The molecule has 0 amide bonds. The Hall–Kier alpha value is -7.69. The molecule has 2 heterocycles. The third kappa shape index (κ3) is 6.01. The molecule has 0 radical (unpaired) electrons. The van der Waals surface area contributed by atoms with Gasteiger partial charge in [-0.1, -0.05) is 127 Å². The summed E-state index contributed by atoms with van der Waals surface area (Å²) >= 11 is 0. The van der Waals surface area contributed by atoms with Gasteiger partial charge in [-0.05, 0) is 117 Å². The van der Waals surface area contributed by atoms with Crippen molar-refractivity contribution in [1.29, 1.82) is 0 Å². The largest absolute Gasteiger partial charge is 0.456 e. The minimum atomic E-state index is 0.605. The number of nitrogens with zero attached hydrogens (tertiary/aromatic N) is 2. The van der Waals surface area contributed by atoms with Crippen molar-refractivity contribution >= 4 is 60.9 Å². The number of oxazole rings is 1. The van der Waals surface area contributed by atoms with Crippen LogP contribution in [0.1, 0.15) is 0 Å². The average Bonchev–Trinajstić information content (AvgIpc) is 3.87. The predicted molar refractivity (Wildman–Crippen MR) is 235 cm³/mol. The van der Waals surface area contributed by atoms with Crippen LogP contribution in [0.5, 0.6) is 0 Å². The molecule has 0 fully saturated rings. The van der Waals surface area contributed by atoms with Gasteiger partial charge in [0.15, 0.2) is 5.58 Å². The van der Waals surface area contributed by atoms with Crippen LogP contribution < -0.4 is 4.90 Å². The lowest BCUT2D eigenvalue weighted by Gasteiger charge is -2.26. The molecule has 0 spiro atoms. The summed E-state index contributed by atoms with van der Waals surface area (Å²) in [6.45, 7) is 0. The number of anilines is 3. The van der Waals surface area contributed by atoms with E-state index in [0.29, 0.717) is 11.5 Å². The van der Waals surface area contributed by atoms with Gasteiger partial charge in [-0.3, -0.25) is 0 Å². The van der Waals surface area contributed by atoms with E-state index in [1.165, 1.54) is 33.0 Å². The van der Waals surface area contributed by atoms with Gasteiger partial charge in [0.25, 0.3) is 0 Å². The van der Waals surface area contributed by atoms with Crippen LogP contribution >= 0.6 is 0 Å². The summed E-state index contributed by atoms with van der Waals surface area (Å²) in [6.07, 6.45) is 0. The third-order valence-electron chi connectivity index (χ3n) is 10.9. The zero-order valence-electron chi connectivity index (χ0n) is 30.8. The quantitative estimate of drug-likeness (QED) is 0.164. The SMILES string of the molecule is c1ccc(-c2cccc(N(c3ccc(-c4ccc5ccccc5c4)cc3)c3ccc(-c4ccc5c(c4)oc4cc6oc(-c7ccccc7)nc6cc45)cc3)c2)cc1. The smallest absolute Gasteiger partial charge is 0.227 e. The summed E-state index contributed by atoms with van der Waals surface area (Å²) in [5.41, 5.74) is 14.2. The van der Waals surface area contributed by atoms with Gasteiger partial charge in [0.1, 0.15) is 16.7 Å². The lowest BCUT2D eigenvalue weighted by molar-refractivity contribution is 0.617. The van der Waals surface area contributed by atoms with Gasteiger partial charge >= 0.3 is 0 Å². The minimum absolute atomic E-state index is 0.605. The van der Waals surface area contributed by atoms with Gasteiger partial charge in [0, 0.05) is 39.5 Å². The highest BCUT2D eigenvalue weighted by Gasteiger charge is 2.17. The summed E-state index contributed by atoms with van der Waals surface area (Å²) in [5, 5.41) is 4.55. The van der Waals surface area contributed by atoms with Crippen molar-refractivity contribution in [3.63, 3.8) is 0 Å². The zero-order chi connectivity index (χ0) is 37.7. The van der Waals surface area contributed by atoms with Crippen molar-refractivity contribution in [2.45, 2.75) is 0 Å². The highest BCUT2D eigenvalue weighted by Crippen LogP contribution is 2.40. The lowest BCUT2D eigenvalue weighted by atomic mass is 10.00. The molecule has 57 heavy (non-hydrogen) atoms. The van der Waals surface area contributed by atoms with Gasteiger partial charge in [-0.15, -0.1) is 0 Å². The van der Waals surface area contributed by atoms with Crippen LogP contribution in [0.2, 0.25) is 0 Å². The fourth-order valence-corrected chi connectivity index (χ4v) is 7.96. The van der Waals surface area contributed by atoms with E-state index in [1.54, 1.807) is 0 Å². The highest BCUT2D eigenvalue weighted by molar-refractivity contribution is 6.09. The molecule has 9 aromatic carbocycles. The van der Waals surface area contributed by atoms with E-state index in [-0.39, 0.29) is 0 Å². The average molecular weight is 731 g/mol. The first kappa shape index (κ1) is 32.7. The van der Waals surface area contributed by atoms with Crippen LogP contribution in [-0.4, -0.2) is 4.98 Å². The highest BCUT2D eigenvalue weighted by atomic mass is 16.4.